The Morgan fingerprint density at radius 1 is 1.10 bits per heavy atom. The molecule has 2 amide bonds. The second-order valence-electron chi connectivity index (χ2n) is 6.32. The van der Waals surface area contributed by atoms with Crippen molar-refractivity contribution in [3.05, 3.63) is 65.2 Å². The van der Waals surface area contributed by atoms with Gasteiger partial charge in [-0.05, 0) is 47.9 Å². The number of nitrogens with one attached hydrogen (secondary N) is 2. The fourth-order valence-corrected chi connectivity index (χ4v) is 2.62. The van der Waals surface area contributed by atoms with E-state index in [0.717, 1.165) is 18.6 Å². The summed E-state index contributed by atoms with van der Waals surface area (Å²) in [5.41, 5.74) is 0.796. The maximum atomic E-state index is 13.5. The van der Waals surface area contributed by atoms with Crippen LogP contribution in [0.15, 0.2) is 42.5 Å². The SMILES string of the molecule is CCCOc1ccc(/C=C/C(=O)NC(C(=O)NC)c2ccc(F)c(F)c2)cc1OC. The summed E-state index contributed by atoms with van der Waals surface area (Å²) < 4.78 is 37.6. The molecular formula is C22H24F2N2O4. The number of carbonyl (C=O) groups excluding carboxylic acids is 2. The number of methoxy groups -OCH3 is 1. The molecule has 0 fully saturated rings. The van der Waals surface area contributed by atoms with E-state index in [9.17, 15) is 18.4 Å². The van der Waals surface area contributed by atoms with E-state index in [1.54, 1.807) is 18.2 Å². The number of halogens is 2. The molecule has 1 atom stereocenters. The van der Waals surface area contributed by atoms with Gasteiger partial charge < -0.3 is 20.1 Å². The first-order chi connectivity index (χ1) is 14.4. The molecule has 2 aromatic carbocycles. The van der Waals surface area contributed by atoms with Crippen molar-refractivity contribution < 1.29 is 27.8 Å². The highest BCUT2D eigenvalue weighted by molar-refractivity contribution is 5.96. The summed E-state index contributed by atoms with van der Waals surface area (Å²) in [7, 11) is 2.90. The van der Waals surface area contributed by atoms with Crippen molar-refractivity contribution in [2.75, 3.05) is 20.8 Å². The lowest BCUT2D eigenvalue weighted by Gasteiger charge is -2.17. The Morgan fingerprint density at radius 2 is 1.87 bits per heavy atom. The molecule has 0 aliphatic heterocycles. The molecule has 6 nitrogen and oxygen atoms in total. The Kier molecular flexibility index (Phi) is 8.34. The summed E-state index contributed by atoms with van der Waals surface area (Å²) >= 11 is 0. The maximum Gasteiger partial charge on any atom is 0.246 e. The van der Waals surface area contributed by atoms with E-state index in [0.29, 0.717) is 23.7 Å². The number of amides is 2. The zero-order valence-corrected chi connectivity index (χ0v) is 17.0. The molecular weight excluding hydrogens is 394 g/mol. The molecule has 0 saturated carbocycles. The summed E-state index contributed by atoms with van der Waals surface area (Å²) in [6.45, 7) is 2.55. The quantitative estimate of drug-likeness (QED) is 0.612. The van der Waals surface area contributed by atoms with Crippen LogP contribution in [0.3, 0.4) is 0 Å². The van der Waals surface area contributed by atoms with Crippen molar-refractivity contribution >= 4 is 17.9 Å². The van der Waals surface area contributed by atoms with E-state index in [4.69, 9.17) is 9.47 Å². The smallest absolute Gasteiger partial charge is 0.246 e. The number of ether oxygens (including phenoxy) is 2. The van der Waals surface area contributed by atoms with Crippen LogP contribution in [0.5, 0.6) is 11.5 Å². The summed E-state index contributed by atoms with van der Waals surface area (Å²) in [5, 5.41) is 4.88. The summed E-state index contributed by atoms with van der Waals surface area (Å²) in [4.78, 5) is 24.5. The zero-order chi connectivity index (χ0) is 22.1. The average Bonchev–Trinajstić information content (AvgIpc) is 2.76. The molecule has 0 aliphatic rings. The predicted molar refractivity (Wildman–Crippen MR) is 109 cm³/mol. The molecule has 1 unspecified atom stereocenters. The number of likely N-dealkylation sites (N-methyl/N-ethyl adjacent to an activating group) is 1. The molecule has 2 N–H and O–H groups in total. The molecule has 0 aromatic heterocycles. The van der Waals surface area contributed by atoms with Gasteiger partial charge in [-0.1, -0.05) is 19.1 Å². The maximum absolute atomic E-state index is 13.5. The van der Waals surface area contributed by atoms with Crippen molar-refractivity contribution in [2.24, 2.45) is 0 Å². The third-order valence-electron chi connectivity index (χ3n) is 4.15. The highest BCUT2D eigenvalue weighted by atomic mass is 19.2. The second kappa shape index (κ2) is 10.9. The fourth-order valence-electron chi connectivity index (χ4n) is 2.62. The van der Waals surface area contributed by atoms with Crippen molar-refractivity contribution in [3.8, 4) is 11.5 Å². The van der Waals surface area contributed by atoms with E-state index in [1.165, 1.54) is 32.4 Å². The van der Waals surface area contributed by atoms with Gasteiger partial charge in [-0.25, -0.2) is 8.78 Å². The van der Waals surface area contributed by atoms with Gasteiger partial charge >= 0.3 is 0 Å². The standard InChI is InChI=1S/C22H24F2N2O4/c1-4-11-30-18-9-5-14(12-19(18)29-3)6-10-20(27)26-21(22(28)25-2)15-7-8-16(23)17(24)13-15/h5-10,12-13,21H,4,11H2,1-3H3,(H,25,28)(H,26,27)/b10-6+. The van der Waals surface area contributed by atoms with E-state index in [1.807, 2.05) is 6.92 Å². The molecule has 2 aromatic rings. The topological polar surface area (TPSA) is 76.7 Å². The van der Waals surface area contributed by atoms with E-state index in [2.05, 4.69) is 10.6 Å². The summed E-state index contributed by atoms with van der Waals surface area (Å²) in [6.07, 6.45) is 3.63. The Labute approximate surface area is 173 Å². The van der Waals surface area contributed by atoms with E-state index < -0.39 is 29.5 Å². The van der Waals surface area contributed by atoms with Crippen LogP contribution in [-0.4, -0.2) is 32.6 Å². The Morgan fingerprint density at radius 3 is 2.50 bits per heavy atom. The monoisotopic (exact) mass is 418 g/mol. The lowest BCUT2D eigenvalue weighted by molar-refractivity contribution is -0.126. The number of benzene rings is 2. The number of hydrogen-bond acceptors (Lipinski definition) is 4. The van der Waals surface area contributed by atoms with Gasteiger partial charge in [-0.15, -0.1) is 0 Å². The molecule has 0 heterocycles. The summed E-state index contributed by atoms with van der Waals surface area (Å²) in [5.74, 6) is -2.18. The molecule has 30 heavy (non-hydrogen) atoms. The van der Waals surface area contributed by atoms with Crippen LogP contribution in [0.25, 0.3) is 6.08 Å². The molecule has 0 aliphatic carbocycles. The van der Waals surface area contributed by atoms with Crippen LogP contribution in [0, 0.1) is 11.6 Å². The van der Waals surface area contributed by atoms with Gasteiger partial charge in [0, 0.05) is 13.1 Å². The molecule has 8 heteroatoms. The first kappa shape index (κ1) is 22.9. The Bertz CT molecular complexity index is 931. The highest BCUT2D eigenvalue weighted by Crippen LogP contribution is 2.28. The van der Waals surface area contributed by atoms with Crippen molar-refractivity contribution in [2.45, 2.75) is 19.4 Å². The van der Waals surface area contributed by atoms with Crippen molar-refractivity contribution in [3.63, 3.8) is 0 Å². The van der Waals surface area contributed by atoms with Gasteiger partial charge in [0.25, 0.3) is 0 Å². The molecule has 0 saturated heterocycles. The van der Waals surface area contributed by atoms with Crippen LogP contribution in [0.1, 0.15) is 30.5 Å². The molecule has 0 spiro atoms. The van der Waals surface area contributed by atoms with Crippen LogP contribution >= 0.6 is 0 Å². The van der Waals surface area contributed by atoms with Gasteiger partial charge in [0.2, 0.25) is 11.8 Å². The second-order valence-corrected chi connectivity index (χ2v) is 6.32. The van der Waals surface area contributed by atoms with E-state index >= 15 is 0 Å². The Hall–Kier alpha value is -3.42. The minimum atomic E-state index is -1.18. The van der Waals surface area contributed by atoms with Gasteiger partial charge in [0.1, 0.15) is 6.04 Å². The third kappa shape index (κ3) is 6.04. The molecule has 0 radical (unpaired) electrons. The first-order valence-corrected chi connectivity index (χ1v) is 9.35. The first-order valence-electron chi connectivity index (χ1n) is 9.35. The van der Waals surface area contributed by atoms with Crippen molar-refractivity contribution in [1.82, 2.24) is 10.6 Å². The normalized spacial score (nSPS) is 11.8. The van der Waals surface area contributed by atoms with Gasteiger partial charge in [0.05, 0.1) is 13.7 Å². The highest BCUT2D eigenvalue weighted by Gasteiger charge is 2.22. The number of hydrogen-bond donors (Lipinski definition) is 2. The fraction of sp³-hybridized carbons (Fsp3) is 0.273. The number of rotatable bonds is 9. The van der Waals surface area contributed by atoms with Crippen LogP contribution in [0.2, 0.25) is 0 Å². The molecule has 0 bridgehead atoms. The lowest BCUT2D eigenvalue weighted by atomic mass is 10.1. The van der Waals surface area contributed by atoms with Crippen LogP contribution in [0.4, 0.5) is 8.78 Å². The Balaban J connectivity index is 2.15. The average molecular weight is 418 g/mol. The lowest BCUT2D eigenvalue weighted by Crippen LogP contribution is -2.38. The van der Waals surface area contributed by atoms with Gasteiger partial charge in [-0.2, -0.15) is 0 Å². The minimum Gasteiger partial charge on any atom is -0.493 e. The van der Waals surface area contributed by atoms with Crippen LogP contribution in [-0.2, 0) is 9.59 Å². The molecule has 160 valence electrons. The van der Waals surface area contributed by atoms with Crippen LogP contribution < -0.4 is 20.1 Å². The van der Waals surface area contributed by atoms with Gasteiger partial charge in [-0.3, -0.25) is 9.59 Å². The predicted octanol–water partition coefficient (Wildman–Crippen LogP) is 3.38. The minimum absolute atomic E-state index is 0.120. The number of carbonyl (C=O) groups is 2. The molecule has 2 rings (SSSR count). The largest absolute Gasteiger partial charge is 0.493 e. The van der Waals surface area contributed by atoms with Crippen molar-refractivity contribution in [1.29, 1.82) is 0 Å². The van der Waals surface area contributed by atoms with Gasteiger partial charge in [0.15, 0.2) is 23.1 Å². The summed E-state index contributed by atoms with van der Waals surface area (Å²) in [6, 6.07) is 7.03. The zero-order valence-electron chi connectivity index (χ0n) is 17.0. The van der Waals surface area contributed by atoms with E-state index in [-0.39, 0.29) is 5.56 Å². The third-order valence-corrected chi connectivity index (χ3v) is 4.15.